The van der Waals surface area contributed by atoms with Crippen LogP contribution < -0.4 is 5.32 Å². The maximum absolute atomic E-state index is 4.87. The van der Waals surface area contributed by atoms with Gasteiger partial charge in [0.1, 0.15) is 5.82 Å². The fourth-order valence-corrected chi connectivity index (χ4v) is 1.28. The molecule has 2 rings (SSSR count). The monoisotopic (exact) mass is 219 g/mol. The Bertz CT molecular complexity index is 494. The fourth-order valence-electron chi connectivity index (χ4n) is 1.28. The van der Waals surface area contributed by atoms with Gasteiger partial charge in [0.15, 0.2) is 5.82 Å². The largest absolute Gasteiger partial charge is 0.361 e. The van der Waals surface area contributed by atoms with Gasteiger partial charge in [-0.05, 0) is 13.8 Å². The predicted octanol–water partition coefficient (Wildman–Crippen LogP) is 1.40. The molecule has 0 atom stereocenters. The average molecular weight is 219 g/mol. The lowest BCUT2D eigenvalue weighted by molar-refractivity contribution is 0.388. The lowest BCUT2D eigenvalue weighted by Crippen LogP contribution is -2.06. The molecule has 0 spiro atoms. The first-order valence-electron chi connectivity index (χ1n) is 4.98. The van der Waals surface area contributed by atoms with Crippen LogP contribution in [0.3, 0.4) is 0 Å². The molecule has 1 N–H and O–H groups in total. The van der Waals surface area contributed by atoms with E-state index >= 15 is 0 Å². The van der Waals surface area contributed by atoms with E-state index in [1.807, 2.05) is 13.8 Å². The quantitative estimate of drug-likeness (QED) is 0.840. The molecule has 0 aliphatic heterocycles. The van der Waals surface area contributed by atoms with Gasteiger partial charge >= 0.3 is 0 Å². The normalized spacial score (nSPS) is 10.4. The fraction of sp³-hybridized carbons (Fsp3) is 0.400. The highest BCUT2D eigenvalue weighted by Gasteiger charge is 2.05. The maximum Gasteiger partial charge on any atom is 0.223 e. The Labute approximate surface area is 93.1 Å². The zero-order valence-corrected chi connectivity index (χ0v) is 9.48. The number of hydrogen-bond donors (Lipinski definition) is 1. The zero-order valence-electron chi connectivity index (χ0n) is 9.48. The van der Waals surface area contributed by atoms with Gasteiger partial charge in [0.2, 0.25) is 5.89 Å². The number of anilines is 1. The molecular formula is C10H13N5O. The number of rotatable bonds is 3. The van der Waals surface area contributed by atoms with Gasteiger partial charge in [-0.3, -0.25) is 4.98 Å². The van der Waals surface area contributed by atoms with Crippen LogP contribution in [0.4, 0.5) is 5.82 Å². The van der Waals surface area contributed by atoms with Crippen molar-refractivity contribution in [2.75, 3.05) is 5.32 Å². The Morgan fingerprint density at radius 3 is 2.75 bits per heavy atom. The molecule has 0 saturated carbocycles. The molecular weight excluding hydrogens is 206 g/mol. The highest BCUT2D eigenvalue weighted by Crippen LogP contribution is 2.09. The minimum absolute atomic E-state index is 0.482. The Balaban J connectivity index is 2.07. The Hall–Kier alpha value is -1.98. The summed E-state index contributed by atoms with van der Waals surface area (Å²) >= 11 is 0. The lowest BCUT2D eigenvalue weighted by atomic mass is 10.4. The topological polar surface area (TPSA) is 76.7 Å². The van der Waals surface area contributed by atoms with E-state index in [0.29, 0.717) is 18.3 Å². The second-order valence-corrected chi connectivity index (χ2v) is 3.53. The van der Waals surface area contributed by atoms with Crippen molar-refractivity contribution in [3.05, 3.63) is 29.3 Å². The maximum atomic E-state index is 4.87. The van der Waals surface area contributed by atoms with Crippen molar-refractivity contribution in [3.63, 3.8) is 0 Å². The first-order chi connectivity index (χ1) is 7.65. The van der Waals surface area contributed by atoms with Crippen molar-refractivity contribution in [2.24, 2.45) is 0 Å². The summed E-state index contributed by atoms with van der Waals surface area (Å²) in [4.78, 5) is 12.6. The molecule has 0 radical (unpaired) electrons. The summed E-state index contributed by atoms with van der Waals surface area (Å²) in [6.45, 7) is 6.04. The first kappa shape index (κ1) is 10.5. The van der Waals surface area contributed by atoms with Crippen LogP contribution in [0, 0.1) is 20.8 Å². The van der Waals surface area contributed by atoms with E-state index in [0.717, 1.165) is 17.2 Å². The summed E-state index contributed by atoms with van der Waals surface area (Å²) in [6.07, 6.45) is 1.74. The third-order valence-corrected chi connectivity index (χ3v) is 2.06. The molecule has 2 aromatic rings. The van der Waals surface area contributed by atoms with Crippen molar-refractivity contribution in [1.82, 2.24) is 20.1 Å². The smallest absolute Gasteiger partial charge is 0.223 e. The van der Waals surface area contributed by atoms with E-state index in [1.165, 1.54) is 0 Å². The van der Waals surface area contributed by atoms with Gasteiger partial charge in [-0.25, -0.2) is 4.98 Å². The lowest BCUT2D eigenvalue weighted by Gasteiger charge is -2.05. The third kappa shape index (κ3) is 2.33. The molecule has 84 valence electrons. The molecule has 16 heavy (non-hydrogen) atoms. The van der Waals surface area contributed by atoms with Crippen LogP contribution in [0.2, 0.25) is 0 Å². The second kappa shape index (κ2) is 4.26. The number of aromatic nitrogens is 4. The SMILES string of the molecule is Cc1cnc(C)c(NCc2noc(C)n2)n1. The summed E-state index contributed by atoms with van der Waals surface area (Å²) in [5, 5.41) is 6.91. The average Bonchev–Trinajstić information content (AvgIpc) is 2.66. The van der Waals surface area contributed by atoms with Crippen LogP contribution >= 0.6 is 0 Å². The minimum Gasteiger partial charge on any atom is -0.361 e. The van der Waals surface area contributed by atoms with Gasteiger partial charge < -0.3 is 9.84 Å². The minimum atomic E-state index is 0.482. The molecule has 0 amide bonds. The van der Waals surface area contributed by atoms with Gasteiger partial charge in [0.25, 0.3) is 0 Å². The van der Waals surface area contributed by atoms with Crippen molar-refractivity contribution in [1.29, 1.82) is 0 Å². The molecule has 0 bridgehead atoms. The van der Waals surface area contributed by atoms with Gasteiger partial charge in [0, 0.05) is 13.1 Å². The molecule has 6 heteroatoms. The van der Waals surface area contributed by atoms with Gasteiger partial charge in [-0.1, -0.05) is 5.16 Å². The van der Waals surface area contributed by atoms with E-state index in [1.54, 1.807) is 13.1 Å². The predicted molar refractivity (Wildman–Crippen MR) is 57.9 cm³/mol. The summed E-state index contributed by atoms with van der Waals surface area (Å²) < 4.78 is 4.87. The van der Waals surface area contributed by atoms with E-state index < -0.39 is 0 Å². The van der Waals surface area contributed by atoms with Gasteiger partial charge in [-0.2, -0.15) is 4.98 Å². The van der Waals surface area contributed by atoms with E-state index in [4.69, 9.17) is 4.52 Å². The summed E-state index contributed by atoms with van der Waals surface area (Å²) in [7, 11) is 0. The van der Waals surface area contributed by atoms with Crippen LogP contribution in [0.1, 0.15) is 23.1 Å². The second-order valence-electron chi connectivity index (χ2n) is 3.53. The number of nitrogens with one attached hydrogen (secondary N) is 1. The highest BCUT2D eigenvalue weighted by atomic mass is 16.5. The van der Waals surface area contributed by atoms with Crippen molar-refractivity contribution in [2.45, 2.75) is 27.3 Å². The van der Waals surface area contributed by atoms with Crippen molar-refractivity contribution in [3.8, 4) is 0 Å². The Morgan fingerprint density at radius 1 is 1.25 bits per heavy atom. The number of aryl methyl sites for hydroxylation is 3. The summed E-state index contributed by atoms with van der Waals surface area (Å²) in [5.74, 6) is 1.92. The molecule has 0 aliphatic carbocycles. The third-order valence-electron chi connectivity index (χ3n) is 2.06. The molecule has 6 nitrogen and oxygen atoms in total. The standard InChI is InChI=1S/C10H13N5O/c1-6-4-11-7(2)10(13-6)12-5-9-14-8(3)16-15-9/h4H,5H2,1-3H3,(H,12,13). The summed E-state index contributed by atoms with van der Waals surface area (Å²) in [6, 6.07) is 0. The van der Waals surface area contributed by atoms with Crippen LogP contribution in [0.15, 0.2) is 10.7 Å². The molecule has 2 heterocycles. The zero-order chi connectivity index (χ0) is 11.5. The van der Waals surface area contributed by atoms with Crippen molar-refractivity contribution >= 4 is 5.82 Å². The Kier molecular flexibility index (Phi) is 2.80. The van der Waals surface area contributed by atoms with Crippen LogP contribution in [0.25, 0.3) is 0 Å². The number of nitrogens with zero attached hydrogens (tertiary/aromatic N) is 4. The number of hydrogen-bond acceptors (Lipinski definition) is 6. The molecule has 0 aromatic carbocycles. The summed E-state index contributed by atoms with van der Waals surface area (Å²) in [5.41, 5.74) is 1.73. The van der Waals surface area contributed by atoms with E-state index in [9.17, 15) is 0 Å². The van der Waals surface area contributed by atoms with Crippen molar-refractivity contribution < 1.29 is 4.52 Å². The molecule has 0 saturated heterocycles. The van der Waals surface area contributed by atoms with Gasteiger partial charge in [-0.15, -0.1) is 0 Å². The molecule has 2 aromatic heterocycles. The highest BCUT2D eigenvalue weighted by molar-refractivity contribution is 5.39. The van der Waals surface area contributed by atoms with E-state index in [2.05, 4.69) is 25.4 Å². The first-order valence-corrected chi connectivity index (χ1v) is 4.98. The van der Waals surface area contributed by atoms with Crippen LogP contribution in [-0.4, -0.2) is 20.1 Å². The van der Waals surface area contributed by atoms with Crippen LogP contribution in [0.5, 0.6) is 0 Å². The molecule has 0 aliphatic rings. The van der Waals surface area contributed by atoms with E-state index in [-0.39, 0.29) is 0 Å². The van der Waals surface area contributed by atoms with Gasteiger partial charge in [0.05, 0.1) is 17.9 Å². The molecule has 0 fully saturated rings. The molecule has 0 unspecified atom stereocenters. The van der Waals surface area contributed by atoms with Crippen LogP contribution in [-0.2, 0) is 6.54 Å². The Morgan fingerprint density at radius 2 is 2.06 bits per heavy atom.